The van der Waals surface area contributed by atoms with Crippen molar-refractivity contribution in [3.05, 3.63) is 68.5 Å². The molecule has 3 fully saturated rings. The highest BCUT2D eigenvalue weighted by Crippen LogP contribution is 2.46. The van der Waals surface area contributed by atoms with Crippen molar-refractivity contribution in [2.75, 3.05) is 19.6 Å². The van der Waals surface area contributed by atoms with Crippen molar-refractivity contribution in [2.24, 2.45) is 11.8 Å². The molecule has 3 unspecified atom stereocenters. The topological polar surface area (TPSA) is 49.9 Å². The van der Waals surface area contributed by atoms with E-state index in [1.54, 1.807) is 32.0 Å². The number of hydrogen-bond acceptors (Lipinski definition) is 3. The Kier molecular flexibility index (Phi) is 8.48. The monoisotopic (exact) mass is 672 g/mol. The molecule has 0 saturated carbocycles. The first-order valence-corrected chi connectivity index (χ1v) is 14.8. The number of piperidine rings is 2. The highest BCUT2D eigenvalue weighted by molar-refractivity contribution is 14.1. The number of hydrogen-bond donors (Lipinski definition) is 0. The van der Waals surface area contributed by atoms with Crippen LogP contribution in [-0.4, -0.2) is 53.4 Å². The van der Waals surface area contributed by atoms with Crippen molar-refractivity contribution < 1.29 is 31.9 Å². The smallest absolute Gasteiger partial charge is 0.368 e. The van der Waals surface area contributed by atoms with E-state index in [4.69, 9.17) is 4.74 Å². The Morgan fingerprint density at radius 2 is 1.75 bits per heavy atom. The summed E-state index contributed by atoms with van der Waals surface area (Å²) in [6.07, 6.45) is -2.65. The average Bonchev–Trinajstić information content (AvgIpc) is 3.26. The molecule has 3 aliphatic rings. The van der Waals surface area contributed by atoms with E-state index in [2.05, 4.69) is 0 Å². The van der Waals surface area contributed by atoms with Crippen molar-refractivity contribution in [2.45, 2.75) is 69.9 Å². The van der Waals surface area contributed by atoms with E-state index in [0.717, 1.165) is 37.0 Å². The number of ether oxygens (including phenoxy) is 1. The molecule has 3 aliphatic heterocycles. The quantitative estimate of drug-likeness (QED) is 0.267. The summed E-state index contributed by atoms with van der Waals surface area (Å²) in [5.74, 6) is 0.0271. The van der Waals surface area contributed by atoms with Gasteiger partial charge in [-0.1, -0.05) is 12.1 Å². The molecule has 216 valence electrons. The van der Waals surface area contributed by atoms with Crippen LogP contribution in [0.3, 0.4) is 0 Å². The summed E-state index contributed by atoms with van der Waals surface area (Å²) in [5.41, 5.74) is 0.547. The molecule has 2 aromatic rings. The fourth-order valence-corrected chi connectivity index (χ4v) is 7.52. The SMILES string of the molecule is CC(=O)N1CCC(C2CC(=O)N3C[C@H](O[C@H](C)c4cc(I)cc(C(F)(F)F)c4)C(c4ccc(F)cc4)C3C2)CC1. The van der Waals surface area contributed by atoms with Gasteiger partial charge in [0.05, 0.1) is 17.8 Å². The van der Waals surface area contributed by atoms with Crippen LogP contribution in [0.5, 0.6) is 0 Å². The molecule has 0 N–H and O–H groups in total. The van der Waals surface area contributed by atoms with Crippen LogP contribution in [-0.2, 0) is 20.5 Å². The molecule has 5 atom stereocenters. The molecule has 0 aromatic heterocycles. The van der Waals surface area contributed by atoms with Gasteiger partial charge in [0, 0.05) is 48.5 Å². The first kappa shape index (κ1) is 29.3. The molecule has 0 bridgehead atoms. The number of benzene rings is 2. The van der Waals surface area contributed by atoms with Crippen LogP contribution in [0.1, 0.15) is 68.2 Å². The summed E-state index contributed by atoms with van der Waals surface area (Å²) in [4.78, 5) is 29.0. The van der Waals surface area contributed by atoms with E-state index >= 15 is 0 Å². The Labute approximate surface area is 245 Å². The number of carbonyl (C=O) groups excluding carboxylic acids is 2. The van der Waals surface area contributed by atoms with Crippen LogP contribution in [0.25, 0.3) is 0 Å². The Morgan fingerprint density at radius 3 is 2.38 bits per heavy atom. The molecule has 2 aromatic carbocycles. The van der Waals surface area contributed by atoms with Crippen molar-refractivity contribution in [1.29, 1.82) is 0 Å². The van der Waals surface area contributed by atoms with E-state index in [-0.39, 0.29) is 35.5 Å². The first-order valence-electron chi connectivity index (χ1n) is 13.7. The lowest BCUT2D eigenvalue weighted by Crippen LogP contribution is -2.47. The number of halogens is 5. The normalized spacial score (nSPS) is 26.6. The summed E-state index contributed by atoms with van der Waals surface area (Å²) in [6, 6.07) is 9.99. The molecule has 10 heteroatoms. The van der Waals surface area contributed by atoms with E-state index in [1.165, 1.54) is 12.1 Å². The van der Waals surface area contributed by atoms with E-state index in [0.29, 0.717) is 41.1 Å². The molecular weight excluding hydrogens is 639 g/mol. The summed E-state index contributed by atoms with van der Waals surface area (Å²) >= 11 is 1.88. The number of nitrogens with zero attached hydrogens (tertiary/aromatic N) is 2. The van der Waals surface area contributed by atoms with E-state index in [9.17, 15) is 27.2 Å². The van der Waals surface area contributed by atoms with Gasteiger partial charge in [-0.2, -0.15) is 13.2 Å². The van der Waals surface area contributed by atoms with Gasteiger partial charge in [-0.15, -0.1) is 0 Å². The zero-order valence-corrected chi connectivity index (χ0v) is 24.6. The zero-order chi connectivity index (χ0) is 28.8. The van der Waals surface area contributed by atoms with Crippen molar-refractivity contribution >= 4 is 34.4 Å². The minimum absolute atomic E-state index is 0.0507. The maximum Gasteiger partial charge on any atom is 0.416 e. The molecule has 3 saturated heterocycles. The van der Waals surface area contributed by atoms with Crippen LogP contribution in [0.4, 0.5) is 17.6 Å². The third kappa shape index (κ3) is 6.17. The lowest BCUT2D eigenvalue weighted by atomic mass is 9.74. The van der Waals surface area contributed by atoms with Gasteiger partial charge in [0.1, 0.15) is 5.82 Å². The van der Waals surface area contributed by atoms with Gasteiger partial charge in [-0.05, 0) is 102 Å². The van der Waals surface area contributed by atoms with Crippen LogP contribution in [0, 0.1) is 21.2 Å². The van der Waals surface area contributed by atoms with Crippen LogP contribution < -0.4 is 0 Å². The van der Waals surface area contributed by atoms with Gasteiger partial charge < -0.3 is 14.5 Å². The summed E-state index contributed by atoms with van der Waals surface area (Å²) < 4.78 is 61.3. The van der Waals surface area contributed by atoms with Crippen LogP contribution in [0.15, 0.2) is 42.5 Å². The van der Waals surface area contributed by atoms with Gasteiger partial charge in [0.15, 0.2) is 0 Å². The van der Waals surface area contributed by atoms with Gasteiger partial charge in [-0.25, -0.2) is 4.39 Å². The standard InChI is InChI=1S/C30H33F4IN2O3/c1-17(21-11-23(30(32,33)34)15-25(35)12-21)40-27-16-37-26(29(27)20-3-5-24(31)6-4-20)13-22(14-28(37)39)19-7-9-36(10-8-19)18(2)38/h3-6,11-12,15,17,19,22,26-27,29H,7-10,13-14,16H2,1-2H3/t17-,22?,26?,27+,29?/m1/s1. The number of rotatable bonds is 5. The van der Waals surface area contributed by atoms with Gasteiger partial charge >= 0.3 is 6.18 Å². The molecule has 2 amide bonds. The van der Waals surface area contributed by atoms with Crippen LogP contribution in [0.2, 0.25) is 0 Å². The van der Waals surface area contributed by atoms with Gasteiger partial charge in [0.25, 0.3) is 0 Å². The molecular formula is C30H33F4IN2O3. The lowest BCUT2D eigenvalue weighted by molar-refractivity contribution is -0.139. The summed E-state index contributed by atoms with van der Waals surface area (Å²) in [7, 11) is 0. The second kappa shape index (κ2) is 11.6. The predicted octanol–water partition coefficient (Wildman–Crippen LogP) is 6.56. The van der Waals surface area contributed by atoms with Gasteiger partial charge in [0.2, 0.25) is 11.8 Å². The Hall–Kier alpha value is -2.21. The minimum Gasteiger partial charge on any atom is -0.368 e. The number of carbonyl (C=O) groups is 2. The summed E-state index contributed by atoms with van der Waals surface area (Å²) in [5, 5.41) is 0. The fraction of sp³-hybridized carbons (Fsp3) is 0.533. The van der Waals surface area contributed by atoms with Gasteiger partial charge in [-0.3, -0.25) is 9.59 Å². The third-order valence-corrected chi connectivity index (χ3v) is 9.52. The molecule has 3 heterocycles. The Morgan fingerprint density at radius 1 is 1.07 bits per heavy atom. The number of likely N-dealkylation sites (tertiary alicyclic amines) is 1. The van der Waals surface area contributed by atoms with Crippen molar-refractivity contribution in [3.63, 3.8) is 0 Å². The molecule has 0 aliphatic carbocycles. The maximum atomic E-state index is 13.8. The lowest BCUT2D eigenvalue weighted by Gasteiger charge is -2.42. The number of fused-ring (bicyclic) bond motifs is 1. The highest BCUT2D eigenvalue weighted by Gasteiger charge is 2.50. The largest absolute Gasteiger partial charge is 0.416 e. The summed E-state index contributed by atoms with van der Waals surface area (Å²) in [6.45, 7) is 5.04. The van der Waals surface area contributed by atoms with Crippen molar-refractivity contribution in [1.82, 2.24) is 9.80 Å². The molecule has 0 radical (unpaired) electrons. The maximum absolute atomic E-state index is 13.8. The second-order valence-electron chi connectivity index (χ2n) is 11.3. The predicted molar refractivity (Wildman–Crippen MR) is 150 cm³/mol. The zero-order valence-electron chi connectivity index (χ0n) is 22.5. The number of alkyl halides is 3. The minimum atomic E-state index is -4.47. The van der Waals surface area contributed by atoms with Crippen LogP contribution >= 0.6 is 22.6 Å². The third-order valence-electron chi connectivity index (χ3n) is 8.90. The molecule has 5 nitrogen and oxygen atoms in total. The molecule has 0 spiro atoms. The molecule has 5 rings (SSSR count). The second-order valence-corrected chi connectivity index (χ2v) is 12.6. The molecule has 40 heavy (non-hydrogen) atoms. The fourth-order valence-electron chi connectivity index (χ4n) is 6.83. The Bertz CT molecular complexity index is 1250. The van der Waals surface area contributed by atoms with Crippen molar-refractivity contribution in [3.8, 4) is 0 Å². The highest BCUT2D eigenvalue weighted by atomic mass is 127. The van der Waals surface area contributed by atoms with E-state index in [1.807, 2.05) is 32.4 Å². The first-order chi connectivity index (χ1) is 18.9. The Balaban J connectivity index is 1.40. The number of amides is 2. The van der Waals surface area contributed by atoms with E-state index < -0.39 is 23.9 Å². The average molecular weight is 673 g/mol.